The first kappa shape index (κ1) is 20.7. The van der Waals surface area contributed by atoms with Gasteiger partial charge in [0.25, 0.3) is 0 Å². The first-order valence-corrected chi connectivity index (χ1v) is 9.39. The van der Waals surface area contributed by atoms with E-state index in [2.05, 4.69) is 32.8 Å². The molecule has 1 aliphatic rings. The molecule has 6 heteroatoms. The Morgan fingerprint density at radius 1 is 1.25 bits per heavy atom. The third-order valence-corrected chi connectivity index (χ3v) is 4.09. The highest BCUT2D eigenvalue weighted by Gasteiger charge is 2.17. The summed E-state index contributed by atoms with van der Waals surface area (Å²) >= 11 is 0. The van der Waals surface area contributed by atoms with Gasteiger partial charge in [-0.3, -0.25) is 4.79 Å². The van der Waals surface area contributed by atoms with E-state index in [-0.39, 0.29) is 18.0 Å². The Labute approximate surface area is 147 Å². The summed E-state index contributed by atoms with van der Waals surface area (Å²) in [5.74, 6) is 0.662. The molecule has 1 amide bonds. The van der Waals surface area contributed by atoms with Crippen molar-refractivity contribution < 1.29 is 4.79 Å². The second kappa shape index (κ2) is 10.5. The number of likely N-dealkylation sites (tertiary alicyclic amines) is 1. The molecule has 0 aromatic carbocycles. The largest absolute Gasteiger partial charge is 0.357 e. The zero-order chi connectivity index (χ0) is 18.0. The van der Waals surface area contributed by atoms with Crippen LogP contribution in [0.25, 0.3) is 0 Å². The number of piperidine rings is 1. The van der Waals surface area contributed by atoms with E-state index in [1.807, 2.05) is 27.7 Å². The van der Waals surface area contributed by atoms with Gasteiger partial charge in [-0.15, -0.1) is 0 Å². The Morgan fingerprint density at radius 3 is 2.62 bits per heavy atom. The van der Waals surface area contributed by atoms with Gasteiger partial charge < -0.3 is 20.9 Å². The minimum Gasteiger partial charge on any atom is -0.357 e. The third kappa shape index (κ3) is 9.11. The van der Waals surface area contributed by atoms with Crippen molar-refractivity contribution in [3.63, 3.8) is 0 Å². The average Bonchev–Trinajstić information content (AvgIpc) is 2.49. The van der Waals surface area contributed by atoms with Crippen LogP contribution in [0, 0.1) is 0 Å². The number of hydrogen-bond acceptors (Lipinski definition) is 3. The summed E-state index contributed by atoms with van der Waals surface area (Å²) in [6.07, 6.45) is 5.10. The Kier molecular flexibility index (Phi) is 9.11. The number of carbonyl (C=O) groups is 1. The first-order chi connectivity index (χ1) is 11.3. The summed E-state index contributed by atoms with van der Waals surface area (Å²) in [7, 11) is 0. The molecule has 1 fully saturated rings. The van der Waals surface area contributed by atoms with Gasteiger partial charge in [0, 0.05) is 31.2 Å². The molecular formula is C18H37N5O. The summed E-state index contributed by atoms with van der Waals surface area (Å²) < 4.78 is 0. The van der Waals surface area contributed by atoms with Crippen LogP contribution in [0.1, 0.15) is 60.3 Å². The van der Waals surface area contributed by atoms with Crippen LogP contribution in [0.2, 0.25) is 0 Å². The fourth-order valence-corrected chi connectivity index (χ4v) is 2.93. The minimum atomic E-state index is -0.219. The second-order valence-electron chi connectivity index (χ2n) is 7.65. The van der Waals surface area contributed by atoms with E-state index < -0.39 is 0 Å². The highest BCUT2D eigenvalue weighted by Crippen LogP contribution is 2.15. The van der Waals surface area contributed by atoms with E-state index in [0.29, 0.717) is 12.0 Å². The maximum atomic E-state index is 11.9. The average molecular weight is 340 g/mol. The number of nitrogens with zero attached hydrogens (tertiary/aromatic N) is 2. The van der Waals surface area contributed by atoms with Crippen LogP contribution in [0.5, 0.6) is 0 Å². The van der Waals surface area contributed by atoms with Gasteiger partial charge >= 0.3 is 0 Å². The number of carbonyl (C=O) groups excluding carboxylic acids is 1. The molecule has 1 unspecified atom stereocenters. The molecule has 1 aliphatic heterocycles. The molecule has 0 spiro atoms. The number of hydrogen-bond donors (Lipinski definition) is 3. The highest BCUT2D eigenvalue weighted by atomic mass is 16.2. The molecule has 1 atom stereocenters. The lowest BCUT2D eigenvalue weighted by Crippen LogP contribution is -2.43. The highest BCUT2D eigenvalue weighted by molar-refractivity contribution is 5.85. The predicted octanol–water partition coefficient (Wildman–Crippen LogP) is 1.72. The summed E-state index contributed by atoms with van der Waals surface area (Å²) in [6.45, 7) is 14.4. The number of aliphatic imine (C=N–C) groups is 1. The Hall–Kier alpha value is -1.30. The monoisotopic (exact) mass is 339 g/mol. The van der Waals surface area contributed by atoms with Crippen molar-refractivity contribution in [3.05, 3.63) is 0 Å². The van der Waals surface area contributed by atoms with Gasteiger partial charge in [-0.1, -0.05) is 6.42 Å². The molecule has 0 aliphatic carbocycles. The van der Waals surface area contributed by atoms with E-state index >= 15 is 0 Å². The quantitative estimate of drug-likeness (QED) is 0.375. The summed E-state index contributed by atoms with van der Waals surface area (Å²) in [5, 5.41) is 9.44. The first-order valence-electron chi connectivity index (χ1n) is 9.39. The van der Waals surface area contributed by atoms with Crippen molar-refractivity contribution in [3.8, 4) is 0 Å². The molecule has 1 rings (SSSR count). The molecular weight excluding hydrogens is 302 g/mol. The molecule has 3 N–H and O–H groups in total. The van der Waals surface area contributed by atoms with Gasteiger partial charge in [0.15, 0.2) is 5.96 Å². The Morgan fingerprint density at radius 2 is 2.00 bits per heavy atom. The van der Waals surface area contributed by atoms with E-state index in [4.69, 9.17) is 0 Å². The van der Waals surface area contributed by atoms with Crippen LogP contribution in [-0.4, -0.2) is 61.1 Å². The number of nitrogens with one attached hydrogen (secondary N) is 3. The molecule has 0 aromatic rings. The maximum absolute atomic E-state index is 11.9. The van der Waals surface area contributed by atoms with E-state index in [9.17, 15) is 4.79 Å². The predicted molar refractivity (Wildman–Crippen MR) is 101 cm³/mol. The third-order valence-electron chi connectivity index (χ3n) is 4.09. The SMILES string of the molecule is CCNC(=NCC(=O)NC(C)(C)C)NCCCN1CCCCC1C. The van der Waals surface area contributed by atoms with Crippen LogP contribution in [0.3, 0.4) is 0 Å². The van der Waals surface area contributed by atoms with Crippen molar-refractivity contribution in [1.29, 1.82) is 0 Å². The summed E-state index contributed by atoms with van der Waals surface area (Å²) in [4.78, 5) is 18.8. The molecule has 140 valence electrons. The van der Waals surface area contributed by atoms with Gasteiger partial charge in [-0.05, 0) is 60.4 Å². The normalized spacial score (nSPS) is 19.9. The smallest absolute Gasteiger partial charge is 0.242 e. The van der Waals surface area contributed by atoms with E-state index in [1.165, 1.54) is 25.8 Å². The molecule has 0 aromatic heterocycles. The molecule has 0 radical (unpaired) electrons. The van der Waals surface area contributed by atoms with Crippen molar-refractivity contribution in [2.75, 3.05) is 32.7 Å². The van der Waals surface area contributed by atoms with Gasteiger partial charge in [0.05, 0.1) is 0 Å². The lowest BCUT2D eigenvalue weighted by Gasteiger charge is -2.33. The lowest BCUT2D eigenvalue weighted by atomic mass is 10.0. The van der Waals surface area contributed by atoms with E-state index in [1.54, 1.807) is 0 Å². The van der Waals surface area contributed by atoms with Crippen LogP contribution < -0.4 is 16.0 Å². The van der Waals surface area contributed by atoms with Gasteiger partial charge in [0.1, 0.15) is 6.54 Å². The zero-order valence-corrected chi connectivity index (χ0v) is 16.2. The number of guanidine groups is 1. The number of amides is 1. The second-order valence-corrected chi connectivity index (χ2v) is 7.65. The van der Waals surface area contributed by atoms with Crippen LogP contribution in [0.15, 0.2) is 4.99 Å². The van der Waals surface area contributed by atoms with Crippen LogP contribution in [-0.2, 0) is 4.79 Å². The standard InChI is InChI=1S/C18H37N5O/c1-6-19-17(21-14-16(24)22-18(3,4)5)20-11-9-13-23-12-8-7-10-15(23)2/h15H,6-14H2,1-5H3,(H,22,24)(H2,19,20,21). The maximum Gasteiger partial charge on any atom is 0.242 e. The Balaban J connectivity index is 2.31. The van der Waals surface area contributed by atoms with Crippen molar-refractivity contribution in [2.24, 2.45) is 4.99 Å². The molecule has 1 saturated heterocycles. The number of rotatable bonds is 7. The topological polar surface area (TPSA) is 68.8 Å². The lowest BCUT2D eigenvalue weighted by molar-refractivity contribution is -0.121. The molecule has 0 bridgehead atoms. The summed E-state index contributed by atoms with van der Waals surface area (Å²) in [6, 6.07) is 0.710. The van der Waals surface area contributed by atoms with Crippen LogP contribution >= 0.6 is 0 Å². The molecule has 24 heavy (non-hydrogen) atoms. The van der Waals surface area contributed by atoms with Gasteiger partial charge in [-0.2, -0.15) is 0 Å². The summed E-state index contributed by atoms with van der Waals surface area (Å²) in [5.41, 5.74) is -0.219. The van der Waals surface area contributed by atoms with Gasteiger partial charge in [0.2, 0.25) is 5.91 Å². The van der Waals surface area contributed by atoms with Gasteiger partial charge in [-0.25, -0.2) is 4.99 Å². The molecule has 0 saturated carbocycles. The fraction of sp³-hybridized carbons (Fsp3) is 0.889. The zero-order valence-electron chi connectivity index (χ0n) is 16.2. The van der Waals surface area contributed by atoms with Crippen LogP contribution in [0.4, 0.5) is 0 Å². The molecule has 6 nitrogen and oxygen atoms in total. The van der Waals surface area contributed by atoms with Crippen molar-refractivity contribution >= 4 is 11.9 Å². The minimum absolute atomic E-state index is 0.0538. The fourth-order valence-electron chi connectivity index (χ4n) is 2.93. The van der Waals surface area contributed by atoms with Crippen molar-refractivity contribution in [1.82, 2.24) is 20.9 Å². The molecule has 1 heterocycles. The Bertz CT molecular complexity index is 403. The van der Waals surface area contributed by atoms with Crippen molar-refractivity contribution in [2.45, 2.75) is 71.9 Å². The van der Waals surface area contributed by atoms with E-state index in [0.717, 1.165) is 26.1 Å².